The van der Waals surface area contributed by atoms with Crippen LogP contribution < -0.4 is 10.6 Å². The Morgan fingerprint density at radius 2 is 1.11 bits per heavy atom. The SMILES string of the molecule is C=CCOC(=O)c1ccc2c(c1C)CC[C@@H]2NC(=O)c1cc(C(=O)O)nc2cc(C)nn12.C=CCOC(=O)c1ccc2c(c1C)CC[C@@H]2NC(=O)c1cc(C(=O)OC)nc2cc(C)nn12. The molecule has 0 bridgehead atoms. The third kappa shape index (κ3) is 9.09. The van der Waals surface area contributed by atoms with Crippen molar-refractivity contribution in [2.24, 2.45) is 0 Å². The summed E-state index contributed by atoms with van der Waals surface area (Å²) in [5.41, 5.74) is 8.62. The lowest BCUT2D eigenvalue weighted by Gasteiger charge is -2.16. The van der Waals surface area contributed by atoms with Gasteiger partial charge in [-0.2, -0.15) is 10.2 Å². The first-order valence-corrected chi connectivity index (χ1v) is 20.6. The van der Waals surface area contributed by atoms with Crippen LogP contribution in [0.4, 0.5) is 0 Å². The second-order valence-corrected chi connectivity index (χ2v) is 15.5. The van der Waals surface area contributed by atoms with Crippen molar-refractivity contribution in [3.8, 4) is 0 Å². The number of esters is 3. The first kappa shape index (κ1) is 45.0. The van der Waals surface area contributed by atoms with Gasteiger partial charge in [0.05, 0.1) is 41.7 Å². The molecule has 2 amide bonds. The van der Waals surface area contributed by atoms with Crippen LogP contribution in [-0.2, 0) is 27.1 Å². The molecule has 8 rings (SSSR count). The van der Waals surface area contributed by atoms with Gasteiger partial charge in [0.1, 0.15) is 24.6 Å². The maximum atomic E-state index is 13.2. The van der Waals surface area contributed by atoms with Crippen LogP contribution in [0.3, 0.4) is 0 Å². The first-order valence-electron chi connectivity index (χ1n) is 20.6. The highest BCUT2D eigenvalue weighted by atomic mass is 16.5. The molecule has 0 aliphatic heterocycles. The van der Waals surface area contributed by atoms with Crippen molar-refractivity contribution in [1.29, 1.82) is 0 Å². The quantitative estimate of drug-likeness (QED) is 0.0761. The average Bonchev–Trinajstić information content (AvgIpc) is 4.08. The van der Waals surface area contributed by atoms with Gasteiger partial charge in [-0.1, -0.05) is 37.4 Å². The van der Waals surface area contributed by atoms with Gasteiger partial charge < -0.3 is 30.0 Å². The van der Waals surface area contributed by atoms with E-state index < -0.39 is 29.8 Å². The molecule has 2 aromatic carbocycles. The summed E-state index contributed by atoms with van der Waals surface area (Å²) < 4.78 is 17.8. The number of carboxylic acids is 1. The summed E-state index contributed by atoms with van der Waals surface area (Å²) in [4.78, 5) is 82.7. The Hall–Kier alpha value is -8.02. The highest BCUT2D eigenvalue weighted by Gasteiger charge is 2.31. The Balaban J connectivity index is 0.000000194. The van der Waals surface area contributed by atoms with Crippen molar-refractivity contribution in [3.63, 3.8) is 0 Å². The van der Waals surface area contributed by atoms with Gasteiger partial charge in [-0.05, 0) is 98.9 Å². The van der Waals surface area contributed by atoms with E-state index in [1.165, 1.54) is 40.4 Å². The van der Waals surface area contributed by atoms with Crippen LogP contribution >= 0.6 is 0 Å². The zero-order valence-corrected chi connectivity index (χ0v) is 36.4. The monoisotopic (exact) mass is 882 g/mol. The fourth-order valence-electron chi connectivity index (χ4n) is 8.21. The average molecular weight is 883 g/mol. The minimum Gasteiger partial charge on any atom is -0.477 e. The Morgan fingerprint density at radius 3 is 1.52 bits per heavy atom. The lowest BCUT2D eigenvalue weighted by atomic mass is 9.98. The molecule has 18 heteroatoms. The highest BCUT2D eigenvalue weighted by Crippen LogP contribution is 2.36. The number of carboxylic acid groups (broad SMARTS) is 1. The van der Waals surface area contributed by atoms with Crippen LogP contribution in [0.2, 0.25) is 0 Å². The number of ether oxygens (including phenoxy) is 3. The van der Waals surface area contributed by atoms with E-state index >= 15 is 0 Å². The molecule has 0 radical (unpaired) electrons. The molecule has 2 atom stereocenters. The number of aryl methyl sites for hydroxylation is 2. The molecular formula is C47H46N8O10. The molecule has 0 fully saturated rings. The zero-order chi connectivity index (χ0) is 46.7. The van der Waals surface area contributed by atoms with E-state index in [9.17, 15) is 33.9 Å². The van der Waals surface area contributed by atoms with Crippen LogP contribution in [0, 0.1) is 27.7 Å². The summed E-state index contributed by atoms with van der Waals surface area (Å²) in [7, 11) is 1.26. The van der Waals surface area contributed by atoms with Gasteiger partial charge >= 0.3 is 23.9 Å². The summed E-state index contributed by atoms with van der Waals surface area (Å²) in [6.45, 7) is 14.7. The number of aromatic nitrogens is 6. The Morgan fingerprint density at radius 1 is 0.677 bits per heavy atom. The van der Waals surface area contributed by atoms with E-state index in [4.69, 9.17) is 14.2 Å². The molecule has 2 aliphatic carbocycles. The number of rotatable bonds is 12. The fourth-order valence-corrected chi connectivity index (χ4v) is 8.21. The lowest BCUT2D eigenvalue weighted by Crippen LogP contribution is -2.29. The molecule has 4 heterocycles. The summed E-state index contributed by atoms with van der Waals surface area (Å²) in [5.74, 6) is -3.51. The molecule has 18 nitrogen and oxygen atoms in total. The molecule has 65 heavy (non-hydrogen) atoms. The maximum absolute atomic E-state index is 13.2. The Bertz CT molecular complexity index is 2970. The van der Waals surface area contributed by atoms with E-state index in [1.807, 2.05) is 26.0 Å². The zero-order valence-electron chi connectivity index (χ0n) is 36.4. The van der Waals surface area contributed by atoms with Gasteiger partial charge in [-0.25, -0.2) is 38.2 Å². The van der Waals surface area contributed by atoms with Crippen molar-refractivity contribution in [2.45, 2.75) is 65.5 Å². The number of carbonyl (C=O) groups is 6. The van der Waals surface area contributed by atoms with Gasteiger partial charge in [0, 0.05) is 24.3 Å². The molecule has 0 unspecified atom stereocenters. The molecule has 4 aromatic heterocycles. The maximum Gasteiger partial charge on any atom is 0.356 e. The molecule has 0 saturated carbocycles. The number of hydrogen-bond acceptors (Lipinski definition) is 13. The Labute approximate surface area is 372 Å². The Kier molecular flexibility index (Phi) is 13.0. The van der Waals surface area contributed by atoms with Crippen LogP contribution in [0.1, 0.15) is 132 Å². The van der Waals surface area contributed by atoms with E-state index in [-0.39, 0.29) is 59.6 Å². The predicted octanol–water partition coefficient (Wildman–Crippen LogP) is 5.70. The molecule has 0 saturated heterocycles. The molecule has 3 N–H and O–H groups in total. The van der Waals surface area contributed by atoms with Crippen LogP contribution in [0.25, 0.3) is 11.3 Å². The smallest absolute Gasteiger partial charge is 0.356 e. The number of benzene rings is 2. The molecular weight excluding hydrogens is 837 g/mol. The standard InChI is InChI=1S/C24H24N4O5.C23H22N4O5/c1-5-10-33-23(30)16-6-7-17-15(14(16)3)8-9-18(17)26-22(29)20-12-19(24(31)32-4)25-21-11-13(2)27-28(20)21;1-4-9-32-23(31)15-5-6-16-14(13(15)3)7-8-17(16)25-21(28)19-11-18(22(29)30)24-20-10-12(2)26-27(19)20/h5-7,11-12,18H,1,8-10H2,2-4H3,(H,26,29);4-6,10-11,17H,1,7-9H2,2-3H3,(H,25,28)(H,29,30)/t18-;17-/m00/s1. The van der Waals surface area contributed by atoms with Crippen LogP contribution in [0.15, 0.2) is 73.8 Å². The van der Waals surface area contributed by atoms with Crippen LogP contribution in [0.5, 0.6) is 0 Å². The van der Waals surface area contributed by atoms with E-state index in [0.29, 0.717) is 47.4 Å². The largest absolute Gasteiger partial charge is 0.477 e. The van der Waals surface area contributed by atoms with E-state index in [2.05, 4.69) is 44.0 Å². The van der Waals surface area contributed by atoms with Crippen molar-refractivity contribution >= 4 is 47.0 Å². The minimum atomic E-state index is -1.22. The van der Waals surface area contributed by atoms with Crippen LogP contribution in [-0.4, -0.2) is 90.3 Å². The number of nitrogens with one attached hydrogen (secondary N) is 2. The van der Waals surface area contributed by atoms with E-state index in [0.717, 1.165) is 39.8 Å². The third-order valence-corrected chi connectivity index (χ3v) is 11.3. The second-order valence-electron chi connectivity index (χ2n) is 15.5. The highest BCUT2D eigenvalue weighted by molar-refractivity contribution is 5.98. The number of carbonyl (C=O) groups excluding carboxylic acids is 5. The summed E-state index contributed by atoms with van der Waals surface area (Å²) in [5, 5.41) is 24.0. The van der Waals surface area contributed by atoms with Crippen molar-refractivity contribution < 1.29 is 48.1 Å². The molecule has 334 valence electrons. The molecule has 2 aliphatic rings. The second kappa shape index (κ2) is 18.8. The van der Waals surface area contributed by atoms with Gasteiger partial charge in [-0.15, -0.1) is 0 Å². The number of methoxy groups -OCH3 is 1. The van der Waals surface area contributed by atoms with Crippen molar-refractivity contribution in [1.82, 2.24) is 39.8 Å². The van der Waals surface area contributed by atoms with E-state index in [1.54, 1.807) is 38.1 Å². The fraction of sp³-hybridized carbons (Fsp3) is 0.277. The minimum absolute atomic E-state index is 0.0281. The van der Waals surface area contributed by atoms with Gasteiger partial charge in [0.2, 0.25) is 0 Å². The van der Waals surface area contributed by atoms with Gasteiger partial charge in [-0.3, -0.25) is 9.59 Å². The van der Waals surface area contributed by atoms with Gasteiger partial charge in [0.25, 0.3) is 11.8 Å². The number of hydrogen-bond donors (Lipinski definition) is 3. The summed E-state index contributed by atoms with van der Waals surface area (Å²) in [6, 6.07) is 12.5. The normalized spacial score (nSPS) is 14.7. The molecule has 0 spiro atoms. The topological polar surface area (TPSA) is 235 Å². The van der Waals surface area contributed by atoms with Crippen molar-refractivity contribution in [3.05, 3.63) is 153 Å². The summed E-state index contributed by atoms with van der Waals surface area (Å²) >= 11 is 0. The number of nitrogens with zero attached hydrogens (tertiary/aromatic N) is 6. The molecule has 6 aromatic rings. The van der Waals surface area contributed by atoms with Gasteiger partial charge in [0.15, 0.2) is 22.7 Å². The number of aromatic carboxylic acids is 1. The summed E-state index contributed by atoms with van der Waals surface area (Å²) in [6.07, 6.45) is 5.79. The predicted molar refractivity (Wildman–Crippen MR) is 234 cm³/mol. The third-order valence-electron chi connectivity index (χ3n) is 11.3. The number of amides is 2. The lowest BCUT2D eigenvalue weighted by molar-refractivity contribution is 0.0539. The number of fused-ring (bicyclic) bond motifs is 4. The first-order chi connectivity index (χ1) is 31.1. The van der Waals surface area contributed by atoms with Crippen molar-refractivity contribution in [2.75, 3.05) is 20.3 Å².